The monoisotopic (exact) mass is 440 g/mol. The molecule has 0 saturated carbocycles. The highest BCUT2D eigenvalue weighted by Crippen LogP contribution is 2.41. The van der Waals surface area contributed by atoms with Crippen molar-refractivity contribution in [2.45, 2.75) is 24.1 Å². The molecule has 0 bridgehead atoms. The number of β-lactam (4-membered cyclic amide) rings is 1. The minimum absolute atomic E-state index is 0.161. The molecule has 2 aliphatic heterocycles. The van der Waals surface area contributed by atoms with Gasteiger partial charge in [0, 0.05) is 12.4 Å². The number of ether oxygens (including phenoxy) is 1. The Morgan fingerprint density at radius 2 is 1.97 bits per heavy atom. The zero-order chi connectivity index (χ0) is 22.0. The van der Waals surface area contributed by atoms with Crippen molar-refractivity contribution in [3.8, 4) is 0 Å². The lowest BCUT2D eigenvalue weighted by molar-refractivity contribution is -0.151. The summed E-state index contributed by atoms with van der Waals surface area (Å²) in [6.45, 7) is 0.161. The van der Waals surface area contributed by atoms with Crippen molar-refractivity contribution in [3.63, 3.8) is 0 Å². The van der Waals surface area contributed by atoms with Crippen LogP contribution in [0, 0.1) is 0 Å². The quantitative estimate of drug-likeness (QED) is 0.543. The minimum atomic E-state index is -1.26. The molecule has 160 valence electrons. The maximum absolute atomic E-state index is 12.7. The molecule has 2 aromatic rings. The second-order valence-electron chi connectivity index (χ2n) is 7.01. The van der Waals surface area contributed by atoms with Gasteiger partial charge in [-0.1, -0.05) is 30.3 Å². The third-order valence-corrected chi connectivity index (χ3v) is 6.29. The van der Waals surface area contributed by atoms with Crippen LogP contribution < -0.4 is 11.1 Å². The second-order valence-corrected chi connectivity index (χ2v) is 8.11. The van der Waals surface area contributed by atoms with Crippen molar-refractivity contribution in [1.29, 1.82) is 0 Å². The number of hydrogen-bond donors (Lipinski definition) is 3. The molecule has 0 spiro atoms. The normalized spacial score (nSPS) is 21.1. The third kappa shape index (κ3) is 4.12. The maximum atomic E-state index is 12.7. The number of carboxylic acids is 1. The number of nitrogens with zero attached hydrogens (tertiary/aromatic N) is 2. The number of carbonyl (C=O) groups excluding carboxylic acids is 2. The van der Waals surface area contributed by atoms with Crippen molar-refractivity contribution < 1.29 is 24.2 Å². The molecule has 4 rings (SSSR count). The van der Waals surface area contributed by atoms with Gasteiger partial charge in [0.25, 0.3) is 5.91 Å². The Bertz CT molecular complexity index is 1030. The lowest BCUT2D eigenvalue weighted by Gasteiger charge is -2.49. The first-order valence-corrected chi connectivity index (χ1v) is 10.6. The van der Waals surface area contributed by atoms with E-state index in [1.54, 1.807) is 48.8 Å². The SMILES string of the molecule is NC(C(=O)N[C@@H]1C(=O)N2C(C(=O)O)=C(OCc3ccncc3)CS[C@@H]12)c1ccccc1. The fourth-order valence-electron chi connectivity index (χ4n) is 3.41. The molecule has 1 fully saturated rings. The molecule has 3 heterocycles. The number of rotatable bonds is 7. The van der Waals surface area contributed by atoms with Crippen molar-refractivity contribution >= 4 is 29.5 Å². The van der Waals surface area contributed by atoms with Gasteiger partial charge in [0.05, 0.1) is 5.75 Å². The Balaban J connectivity index is 1.46. The van der Waals surface area contributed by atoms with E-state index in [0.717, 1.165) is 10.5 Å². The van der Waals surface area contributed by atoms with Gasteiger partial charge < -0.3 is 20.9 Å². The van der Waals surface area contributed by atoms with Crippen molar-refractivity contribution in [1.82, 2.24) is 15.2 Å². The third-order valence-electron chi connectivity index (χ3n) is 5.04. The molecule has 10 heteroatoms. The number of aliphatic carboxylic acids is 1. The summed E-state index contributed by atoms with van der Waals surface area (Å²) < 4.78 is 5.71. The zero-order valence-corrected chi connectivity index (χ0v) is 17.1. The summed E-state index contributed by atoms with van der Waals surface area (Å²) in [5, 5.41) is 11.8. The van der Waals surface area contributed by atoms with Gasteiger partial charge in [-0.25, -0.2) is 4.79 Å². The van der Waals surface area contributed by atoms with Crippen LogP contribution >= 0.6 is 11.8 Å². The van der Waals surface area contributed by atoms with Crippen LogP contribution in [0.25, 0.3) is 0 Å². The van der Waals surface area contributed by atoms with Crippen molar-refractivity contribution in [2.75, 3.05) is 5.75 Å². The zero-order valence-electron chi connectivity index (χ0n) is 16.3. The van der Waals surface area contributed by atoms with E-state index in [0.29, 0.717) is 5.56 Å². The summed E-state index contributed by atoms with van der Waals surface area (Å²) in [5.74, 6) is -1.78. The molecule has 1 aromatic carbocycles. The molecule has 9 nitrogen and oxygen atoms in total. The number of nitrogens with one attached hydrogen (secondary N) is 1. The topological polar surface area (TPSA) is 135 Å². The largest absolute Gasteiger partial charge is 0.490 e. The fourth-order valence-corrected chi connectivity index (χ4v) is 4.68. The van der Waals surface area contributed by atoms with Crippen LogP contribution in [0.1, 0.15) is 17.2 Å². The number of nitrogens with two attached hydrogens (primary N) is 1. The first-order valence-electron chi connectivity index (χ1n) is 9.51. The molecule has 1 aromatic heterocycles. The number of aromatic nitrogens is 1. The lowest BCUT2D eigenvalue weighted by Crippen LogP contribution is -2.71. The molecule has 2 amide bonds. The molecule has 2 aliphatic rings. The molecule has 3 atom stereocenters. The first-order chi connectivity index (χ1) is 15.0. The van der Waals surface area contributed by atoms with Crippen LogP contribution in [-0.2, 0) is 25.7 Å². The van der Waals surface area contributed by atoms with Gasteiger partial charge in [-0.3, -0.25) is 19.5 Å². The van der Waals surface area contributed by atoms with E-state index in [2.05, 4.69) is 10.3 Å². The van der Waals surface area contributed by atoms with Crippen LogP contribution in [0.15, 0.2) is 66.3 Å². The summed E-state index contributed by atoms with van der Waals surface area (Å²) in [6.07, 6.45) is 3.23. The van der Waals surface area contributed by atoms with E-state index in [1.165, 1.54) is 11.8 Å². The first kappa shape index (κ1) is 20.9. The van der Waals surface area contributed by atoms with E-state index in [9.17, 15) is 19.5 Å². The Morgan fingerprint density at radius 1 is 1.26 bits per heavy atom. The number of amides is 2. The minimum Gasteiger partial charge on any atom is -0.490 e. The molecule has 0 radical (unpaired) electrons. The molecule has 0 aliphatic carbocycles. The van der Waals surface area contributed by atoms with Gasteiger partial charge in [-0.15, -0.1) is 11.8 Å². The standard InChI is InChI=1S/C21H20N4O5S/c22-15(13-4-2-1-3-5-13)18(26)24-16-19(27)25-17(21(28)29)14(11-31-20(16)25)30-10-12-6-8-23-9-7-12/h1-9,15-16,20H,10-11,22H2,(H,24,26)(H,28,29)/t15?,16-,20+/m1/s1. The number of fused-ring (bicyclic) bond motifs is 1. The number of carbonyl (C=O) groups is 3. The Labute approximate surface area is 182 Å². The van der Waals surface area contributed by atoms with Crippen LogP contribution in [0.3, 0.4) is 0 Å². The molecule has 31 heavy (non-hydrogen) atoms. The van der Waals surface area contributed by atoms with Crippen molar-refractivity contribution in [3.05, 3.63) is 77.4 Å². The highest BCUT2D eigenvalue weighted by Gasteiger charge is 2.55. The summed E-state index contributed by atoms with van der Waals surface area (Å²) in [5.41, 5.74) is 7.26. The number of carboxylic acid groups (broad SMARTS) is 1. The van der Waals surface area contributed by atoms with E-state index in [4.69, 9.17) is 10.5 Å². The highest BCUT2D eigenvalue weighted by molar-refractivity contribution is 8.00. The van der Waals surface area contributed by atoms with Crippen LogP contribution in [0.5, 0.6) is 0 Å². The summed E-state index contributed by atoms with van der Waals surface area (Å²) in [6, 6.07) is 10.6. The molecule has 1 saturated heterocycles. The van der Waals surface area contributed by atoms with Crippen LogP contribution in [0.2, 0.25) is 0 Å². The predicted octanol–water partition coefficient (Wildman–Crippen LogP) is 0.994. The van der Waals surface area contributed by atoms with Gasteiger partial charge in [-0.2, -0.15) is 0 Å². The molecule has 1 unspecified atom stereocenters. The summed E-state index contributed by atoms with van der Waals surface area (Å²) in [7, 11) is 0. The summed E-state index contributed by atoms with van der Waals surface area (Å²) >= 11 is 1.33. The van der Waals surface area contributed by atoms with Gasteiger partial charge in [0.1, 0.15) is 29.8 Å². The van der Waals surface area contributed by atoms with Gasteiger partial charge in [0.2, 0.25) is 5.91 Å². The average Bonchev–Trinajstić information content (AvgIpc) is 2.80. The van der Waals surface area contributed by atoms with E-state index in [-0.39, 0.29) is 23.8 Å². The predicted molar refractivity (Wildman–Crippen MR) is 112 cm³/mol. The summed E-state index contributed by atoms with van der Waals surface area (Å²) in [4.78, 5) is 42.2. The highest BCUT2D eigenvalue weighted by atomic mass is 32.2. The molecule has 4 N–H and O–H groups in total. The Hall–Kier alpha value is -3.37. The number of benzene rings is 1. The van der Waals surface area contributed by atoms with E-state index < -0.39 is 35.2 Å². The number of pyridine rings is 1. The van der Waals surface area contributed by atoms with Crippen molar-refractivity contribution in [2.24, 2.45) is 5.73 Å². The number of thioether (sulfide) groups is 1. The molecular formula is C21H20N4O5S. The van der Waals surface area contributed by atoms with Gasteiger partial charge in [-0.05, 0) is 23.3 Å². The van der Waals surface area contributed by atoms with Crippen LogP contribution in [-0.4, -0.2) is 49.9 Å². The molecular weight excluding hydrogens is 420 g/mol. The van der Waals surface area contributed by atoms with Crippen LogP contribution in [0.4, 0.5) is 0 Å². The van der Waals surface area contributed by atoms with E-state index in [1.807, 2.05) is 6.07 Å². The smallest absolute Gasteiger partial charge is 0.356 e. The van der Waals surface area contributed by atoms with Gasteiger partial charge in [0.15, 0.2) is 5.70 Å². The lowest BCUT2D eigenvalue weighted by atomic mass is 10.0. The average molecular weight is 440 g/mol. The van der Waals surface area contributed by atoms with Gasteiger partial charge >= 0.3 is 5.97 Å². The fraction of sp³-hybridized carbons (Fsp3) is 0.238. The van der Waals surface area contributed by atoms with E-state index >= 15 is 0 Å². The number of hydrogen-bond acceptors (Lipinski definition) is 7. The second kappa shape index (κ2) is 8.78. The Kier molecular flexibility index (Phi) is 5.92. The Morgan fingerprint density at radius 3 is 2.65 bits per heavy atom. The maximum Gasteiger partial charge on any atom is 0.356 e.